The fourth-order valence-electron chi connectivity index (χ4n) is 3.62. The van der Waals surface area contributed by atoms with E-state index in [0.29, 0.717) is 29.6 Å². The summed E-state index contributed by atoms with van der Waals surface area (Å²) in [6.45, 7) is 2.42. The Hall–Kier alpha value is -2.42. The molecule has 0 N–H and O–H groups in total. The third kappa shape index (κ3) is 3.20. The van der Waals surface area contributed by atoms with Gasteiger partial charge in [-0.2, -0.15) is 5.26 Å². The lowest BCUT2D eigenvalue weighted by Crippen LogP contribution is -2.47. The van der Waals surface area contributed by atoms with Crippen LogP contribution in [0.1, 0.15) is 23.5 Å². The minimum absolute atomic E-state index is 0.0507. The molecule has 0 unspecified atom stereocenters. The van der Waals surface area contributed by atoms with Crippen LogP contribution < -0.4 is 4.90 Å². The van der Waals surface area contributed by atoms with Crippen molar-refractivity contribution in [3.05, 3.63) is 75.3 Å². The molecule has 0 saturated carbocycles. The third-order valence-corrected chi connectivity index (χ3v) is 6.64. The van der Waals surface area contributed by atoms with Crippen LogP contribution in [0.5, 0.6) is 0 Å². The topological polar surface area (TPSA) is 47.3 Å². The molecule has 27 heavy (non-hydrogen) atoms. The molecule has 6 heteroatoms. The fourth-order valence-corrected chi connectivity index (χ4v) is 4.95. The zero-order valence-corrected chi connectivity index (χ0v) is 16.4. The summed E-state index contributed by atoms with van der Waals surface area (Å²) in [7, 11) is 0. The molecule has 2 heterocycles. The van der Waals surface area contributed by atoms with E-state index in [2.05, 4.69) is 11.0 Å². The first-order chi connectivity index (χ1) is 13.1. The first-order valence-corrected chi connectivity index (χ1v) is 10.1. The van der Waals surface area contributed by atoms with Crippen LogP contribution in [-0.4, -0.2) is 23.4 Å². The number of fused-ring (bicyclic) bond motifs is 1. The Balaban J connectivity index is 1.69. The molecule has 1 saturated heterocycles. The van der Waals surface area contributed by atoms with Gasteiger partial charge in [0, 0.05) is 23.0 Å². The highest BCUT2D eigenvalue weighted by molar-refractivity contribution is 8.03. The maximum Gasteiger partial charge on any atom is 0.229 e. The molecule has 4 rings (SSSR count). The van der Waals surface area contributed by atoms with Gasteiger partial charge in [0.05, 0.1) is 29.2 Å². The van der Waals surface area contributed by atoms with Crippen LogP contribution in [0.25, 0.3) is 0 Å². The van der Waals surface area contributed by atoms with Crippen molar-refractivity contribution >= 4 is 35.0 Å². The maximum absolute atomic E-state index is 12.9. The first-order valence-electron chi connectivity index (χ1n) is 8.72. The molecule has 0 aromatic heterocycles. The number of anilines is 1. The molecule has 1 atom stereocenters. The van der Waals surface area contributed by atoms with E-state index in [0.717, 1.165) is 21.8 Å². The average Bonchev–Trinajstić information content (AvgIpc) is 2.70. The van der Waals surface area contributed by atoms with Gasteiger partial charge >= 0.3 is 0 Å². The van der Waals surface area contributed by atoms with Crippen LogP contribution in [0.4, 0.5) is 5.69 Å². The van der Waals surface area contributed by atoms with Gasteiger partial charge in [0.2, 0.25) is 5.91 Å². The van der Waals surface area contributed by atoms with E-state index in [4.69, 9.17) is 11.6 Å². The summed E-state index contributed by atoms with van der Waals surface area (Å²) >= 11 is 7.81. The Morgan fingerprint density at radius 3 is 2.70 bits per heavy atom. The monoisotopic (exact) mass is 395 g/mol. The summed E-state index contributed by atoms with van der Waals surface area (Å²) < 4.78 is 0. The molecule has 0 aliphatic carbocycles. The number of carbonyl (C=O) groups excluding carboxylic acids is 1. The molecule has 1 fully saturated rings. The second-order valence-corrected chi connectivity index (χ2v) is 8.00. The Kier molecular flexibility index (Phi) is 4.86. The standard InChI is InChI=1S/C21H18ClN3OS/c1-14-18(22)8-5-9-19(14)24-12-25-20(26)10-16(15-6-3-2-4-7-15)17(11-23)21(25)27-13-24/h2-9,16H,10,12-13H2,1H3/t16-/m0/s1. The predicted octanol–water partition coefficient (Wildman–Crippen LogP) is 4.87. The molecule has 2 aliphatic heterocycles. The maximum atomic E-state index is 12.9. The second-order valence-electron chi connectivity index (χ2n) is 6.66. The van der Waals surface area contributed by atoms with E-state index in [1.165, 1.54) is 0 Å². The lowest BCUT2D eigenvalue weighted by molar-refractivity contribution is -0.129. The number of nitriles is 1. The number of nitrogens with zero attached hydrogens (tertiary/aromatic N) is 3. The number of hydrogen-bond donors (Lipinski definition) is 0. The van der Waals surface area contributed by atoms with E-state index < -0.39 is 0 Å². The van der Waals surface area contributed by atoms with Gasteiger partial charge in [0.15, 0.2) is 0 Å². The van der Waals surface area contributed by atoms with Crippen LogP contribution in [0.15, 0.2) is 59.1 Å². The second kappa shape index (κ2) is 7.30. The molecule has 136 valence electrons. The number of benzene rings is 2. The number of amides is 1. The Bertz CT molecular complexity index is 967. The van der Waals surface area contributed by atoms with E-state index >= 15 is 0 Å². The Morgan fingerprint density at radius 2 is 1.96 bits per heavy atom. The van der Waals surface area contributed by atoms with Crippen LogP contribution in [0, 0.1) is 18.3 Å². The SMILES string of the molecule is Cc1c(Cl)cccc1N1CSC2=C(C#N)[C@H](c3ccccc3)CC(=O)N2C1. The zero-order valence-electron chi connectivity index (χ0n) is 14.9. The lowest BCUT2D eigenvalue weighted by atomic mass is 9.86. The molecular formula is C21H18ClN3OS. The van der Waals surface area contributed by atoms with Gasteiger partial charge < -0.3 is 4.90 Å². The molecule has 4 nitrogen and oxygen atoms in total. The van der Waals surface area contributed by atoms with E-state index in [-0.39, 0.29) is 11.8 Å². The van der Waals surface area contributed by atoms with E-state index in [9.17, 15) is 10.1 Å². The largest absolute Gasteiger partial charge is 0.343 e. The number of halogens is 1. The summed E-state index contributed by atoms with van der Waals surface area (Å²) in [5, 5.41) is 11.3. The molecule has 2 aromatic carbocycles. The summed E-state index contributed by atoms with van der Waals surface area (Å²) in [4.78, 5) is 16.8. The van der Waals surface area contributed by atoms with E-state index in [1.807, 2.05) is 55.5 Å². The van der Waals surface area contributed by atoms with Gasteiger partial charge in [-0.25, -0.2) is 0 Å². The minimum Gasteiger partial charge on any atom is -0.343 e. The molecule has 0 spiro atoms. The smallest absolute Gasteiger partial charge is 0.229 e. The summed E-state index contributed by atoms with van der Waals surface area (Å²) in [5.74, 6) is 0.559. The van der Waals surface area contributed by atoms with Crippen LogP contribution in [0.2, 0.25) is 5.02 Å². The Morgan fingerprint density at radius 1 is 1.19 bits per heavy atom. The predicted molar refractivity (Wildman–Crippen MR) is 109 cm³/mol. The van der Waals surface area contributed by atoms with Gasteiger partial charge in [0.25, 0.3) is 0 Å². The highest BCUT2D eigenvalue weighted by Gasteiger charge is 2.38. The average molecular weight is 396 g/mol. The van der Waals surface area contributed by atoms with Crippen molar-refractivity contribution in [1.29, 1.82) is 5.26 Å². The molecular weight excluding hydrogens is 378 g/mol. The van der Waals surface area contributed by atoms with Gasteiger partial charge in [0.1, 0.15) is 0 Å². The quantitative estimate of drug-likeness (QED) is 0.727. The van der Waals surface area contributed by atoms with Gasteiger partial charge in [-0.3, -0.25) is 9.69 Å². The van der Waals surface area contributed by atoms with Gasteiger partial charge in [-0.15, -0.1) is 0 Å². The lowest BCUT2D eigenvalue weighted by Gasteiger charge is -2.42. The minimum atomic E-state index is -0.165. The van der Waals surface area contributed by atoms with Gasteiger partial charge in [-0.1, -0.05) is 59.8 Å². The number of carbonyl (C=O) groups is 1. The number of hydrogen-bond acceptors (Lipinski definition) is 4. The zero-order chi connectivity index (χ0) is 19.0. The summed E-state index contributed by atoms with van der Waals surface area (Å²) in [5.41, 5.74) is 3.72. The molecule has 2 aromatic rings. The van der Waals surface area contributed by atoms with Gasteiger partial charge in [-0.05, 0) is 30.2 Å². The summed E-state index contributed by atoms with van der Waals surface area (Å²) in [6, 6.07) is 18.0. The van der Waals surface area contributed by atoms with Crippen molar-refractivity contribution in [2.45, 2.75) is 19.3 Å². The Labute approximate surface area is 168 Å². The molecule has 1 amide bonds. The van der Waals surface area contributed by atoms with Crippen LogP contribution in [0.3, 0.4) is 0 Å². The summed E-state index contributed by atoms with van der Waals surface area (Å²) in [6.07, 6.45) is 0.319. The molecule has 0 radical (unpaired) electrons. The van der Waals surface area contributed by atoms with Crippen LogP contribution in [-0.2, 0) is 4.79 Å². The van der Waals surface area contributed by atoms with Crippen molar-refractivity contribution < 1.29 is 4.79 Å². The van der Waals surface area contributed by atoms with Crippen molar-refractivity contribution in [2.24, 2.45) is 0 Å². The molecule has 2 aliphatic rings. The first kappa shape index (κ1) is 18.0. The highest BCUT2D eigenvalue weighted by Crippen LogP contribution is 2.43. The number of allylic oxidation sites excluding steroid dienone is 1. The highest BCUT2D eigenvalue weighted by atomic mass is 35.5. The third-order valence-electron chi connectivity index (χ3n) is 5.08. The van der Waals surface area contributed by atoms with Crippen LogP contribution >= 0.6 is 23.4 Å². The van der Waals surface area contributed by atoms with Crippen molar-refractivity contribution in [3.63, 3.8) is 0 Å². The van der Waals surface area contributed by atoms with Crippen molar-refractivity contribution in [2.75, 3.05) is 17.4 Å². The molecule has 0 bridgehead atoms. The number of rotatable bonds is 2. The fraction of sp³-hybridized carbons (Fsp3) is 0.238. The van der Waals surface area contributed by atoms with Crippen molar-refractivity contribution in [3.8, 4) is 6.07 Å². The number of thioether (sulfide) groups is 1. The van der Waals surface area contributed by atoms with E-state index in [1.54, 1.807) is 16.7 Å². The normalized spacial score (nSPS) is 19.7. The van der Waals surface area contributed by atoms with Crippen molar-refractivity contribution in [1.82, 2.24) is 4.90 Å².